The van der Waals surface area contributed by atoms with Crippen LogP contribution in [0.15, 0.2) is 18.2 Å². The molecular formula is C12H15ClN2S2. The third-order valence-electron chi connectivity index (χ3n) is 3.09. The predicted molar refractivity (Wildman–Crippen MR) is 81.3 cm³/mol. The van der Waals surface area contributed by atoms with Crippen molar-refractivity contribution in [2.45, 2.75) is 17.6 Å². The van der Waals surface area contributed by atoms with Crippen LogP contribution < -0.4 is 11.1 Å². The zero-order chi connectivity index (χ0) is 12.5. The Kier molecular flexibility index (Phi) is 3.85. The van der Waals surface area contributed by atoms with Crippen molar-refractivity contribution >= 4 is 46.3 Å². The summed E-state index contributed by atoms with van der Waals surface area (Å²) < 4.78 is 0.439. The number of thioether (sulfide) groups is 1. The summed E-state index contributed by atoms with van der Waals surface area (Å²) in [6, 6.07) is 5.72. The Morgan fingerprint density at radius 2 is 2.29 bits per heavy atom. The van der Waals surface area contributed by atoms with Gasteiger partial charge in [-0.2, -0.15) is 11.8 Å². The van der Waals surface area contributed by atoms with Gasteiger partial charge in [-0.15, -0.1) is 0 Å². The van der Waals surface area contributed by atoms with Gasteiger partial charge in [0.05, 0.1) is 5.02 Å². The molecule has 1 fully saturated rings. The maximum Gasteiger partial charge on any atom is 0.105 e. The van der Waals surface area contributed by atoms with Crippen LogP contribution >= 0.6 is 35.6 Å². The van der Waals surface area contributed by atoms with Crippen molar-refractivity contribution in [3.05, 3.63) is 28.8 Å². The van der Waals surface area contributed by atoms with Crippen LogP contribution in [0.1, 0.15) is 18.4 Å². The molecule has 17 heavy (non-hydrogen) atoms. The van der Waals surface area contributed by atoms with Crippen molar-refractivity contribution < 1.29 is 0 Å². The van der Waals surface area contributed by atoms with Crippen LogP contribution in [0.3, 0.4) is 0 Å². The van der Waals surface area contributed by atoms with Gasteiger partial charge in [-0.05, 0) is 37.3 Å². The minimum absolute atomic E-state index is 0.337. The molecule has 3 N–H and O–H groups in total. The number of rotatable bonds is 5. The molecule has 0 bridgehead atoms. The molecule has 0 saturated heterocycles. The maximum atomic E-state index is 6.11. The largest absolute Gasteiger partial charge is 0.389 e. The third kappa shape index (κ3) is 3.06. The van der Waals surface area contributed by atoms with E-state index in [9.17, 15) is 0 Å². The van der Waals surface area contributed by atoms with Crippen LogP contribution in [0.25, 0.3) is 0 Å². The molecule has 5 heteroatoms. The highest BCUT2D eigenvalue weighted by Gasteiger charge is 2.41. The molecule has 1 aliphatic rings. The van der Waals surface area contributed by atoms with Gasteiger partial charge in [0.25, 0.3) is 0 Å². The molecule has 0 heterocycles. The fourth-order valence-electron chi connectivity index (χ4n) is 1.68. The number of nitrogens with two attached hydrogens (primary N) is 1. The molecule has 0 unspecified atom stereocenters. The third-order valence-corrected chi connectivity index (χ3v) is 5.04. The minimum Gasteiger partial charge on any atom is -0.389 e. The summed E-state index contributed by atoms with van der Waals surface area (Å²) in [5, 5.41) is 4.02. The van der Waals surface area contributed by atoms with Gasteiger partial charge < -0.3 is 11.1 Å². The van der Waals surface area contributed by atoms with Crippen molar-refractivity contribution in [3.8, 4) is 0 Å². The highest BCUT2D eigenvalue weighted by molar-refractivity contribution is 8.00. The molecular weight excluding hydrogens is 272 g/mol. The Bertz CT molecular complexity index is 444. The lowest BCUT2D eigenvalue weighted by Gasteiger charge is -2.14. The van der Waals surface area contributed by atoms with Gasteiger partial charge in [0, 0.05) is 22.5 Å². The van der Waals surface area contributed by atoms with Crippen LogP contribution in [0, 0.1) is 0 Å². The molecule has 1 saturated carbocycles. The predicted octanol–water partition coefficient (Wildman–Crippen LogP) is 3.28. The molecule has 1 aromatic rings. The number of thiocarbonyl (C=S) groups is 1. The van der Waals surface area contributed by atoms with Crippen molar-refractivity contribution in [1.82, 2.24) is 0 Å². The van der Waals surface area contributed by atoms with E-state index in [4.69, 9.17) is 29.6 Å². The Balaban J connectivity index is 2.03. The Labute approximate surface area is 116 Å². The molecule has 0 aromatic heterocycles. The highest BCUT2D eigenvalue weighted by Crippen LogP contribution is 2.47. The summed E-state index contributed by atoms with van der Waals surface area (Å²) in [6.07, 6.45) is 4.75. The maximum absolute atomic E-state index is 6.11. The second kappa shape index (κ2) is 5.04. The molecule has 0 radical (unpaired) electrons. The van der Waals surface area contributed by atoms with Crippen molar-refractivity contribution in [2.24, 2.45) is 5.73 Å². The second-order valence-electron chi connectivity index (χ2n) is 4.30. The number of hydrogen-bond donors (Lipinski definition) is 2. The smallest absolute Gasteiger partial charge is 0.105 e. The van der Waals surface area contributed by atoms with Crippen LogP contribution in [-0.4, -0.2) is 22.5 Å². The van der Waals surface area contributed by atoms with E-state index in [0.717, 1.165) is 17.8 Å². The first kappa shape index (κ1) is 13.0. The van der Waals surface area contributed by atoms with Crippen molar-refractivity contribution in [2.75, 3.05) is 18.1 Å². The monoisotopic (exact) mass is 286 g/mol. The lowest BCUT2D eigenvalue weighted by Crippen LogP contribution is -2.17. The Hall–Kier alpha value is -0.450. The summed E-state index contributed by atoms with van der Waals surface area (Å²) in [7, 11) is 0. The van der Waals surface area contributed by atoms with E-state index in [1.165, 1.54) is 12.8 Å². The van der Waals surface area contributed by atoms with Crippen molar-refractivity contribution in [3.63, 3.8) is 0 Å². The van der Waals surface area contributed by atoms with Gasteiger partial charge in [0.15, 0.2) is 0 Å². The van der Waals surface area contributed by atoms with E-state index < -0.39 is 0 Å². The van der Waals surface area contributed by atoms with Crippen LogP contribution in [0.5, 0.6) is 0 Å². The summed E-state index contributed by atoms with van der Waals surface area (Å²) >= 11 is 13.0. The molecule has 2 rings (SSSR count). The van der Waals surface area contributed by atoms with Gasteiger partial charge >= 0.3 is 0 Å². The van der Waals surface area contributed by atoms with E-state index in [2.05, 4.69) is 11.6 Å². The average molecular weight is 287 g/mol. The van der Waals surface area contributed by atoms with Gasteiger partial charge in [-0.25, -0.2) is 0 Å². The number of benzene rings is 1. The quantitative estimate of drug-likeness (QED) is 0.815. The fourth-order valence-corrected chi connectivity index (χ4v) is 2.92. The molecule has 0 spiro atoms. The standard InChI is InChI=1S/C12H15ClN2S2/c1-17-12(4-5-12)7-15-8-2-3-9(11(14)16)10(13)6-8/h2-3,6,15H,4-5,7H2,1H3,(H2,14,16). The van der Waals surface area contributed by atoms with Gasteiger partial charge in [0.2, 0.25) is 0 Å². The van der Waals surface area contributed by atoms with Gasteiger partial charge in [0.1, 0.15) is 4.99 Å². The molecule has 2 nitrogen and oxygen atoms in total. The van der Waals surface area contributed by atoms with E-state index >= 15 is 0 Å². The van der Waals surface area contributed by atoms with E-state index in [1.807, 2.05) is 30.0 Å². The number of nitrogens with one attached hydrogen (secondary N) is 1. The lowest BCUT2D eigenvalue weighted by atomic mass is 10.2. The molecule has 0 amide bonds. The molecule has 1 aliphatic carbocycles. The Morgan fingerprint density at radius 1 is 1.59 bits per heavy atom. The molecule has 0 aliphatic heterocycles. The zero-order valence-corrected chi connectivity index (χ0v) is 12.0. The second-order valence-corrected chi connectivity index (χ2v) is 6.42. The summed E-state index contributed by atoms with van der Waals surface area (Å²) in [4.78, 5) is 0.337. The Morgan fingerprint density at radius 3 is 2.76 bits per heavy atom. The molecule has 0 atom stereocenters. The summed E-state index contributed by atoms with van der Waals surface area (Å²) in [5.41, 5.74) is 7.32. The van der Waals surface area contributed by atoms with E-state index in [1.54, 1.807) is 0 Å². The minimum atomic E-state index is 0.337. The normalized spacial score (nSPS) is 16.6. The first-order chi connectivity index (χ1) is 8.06. The summed E-state index contributed by atoms with van der Waals surface area (Å²) in [5.74, 6) is 0. The first-order valence-electron chi connectivity index (χ1n) is 5.45. The zero-order valence-electron chi connectivity index (χ0n) is 9.63. The topological polar surface area (TPSA) is 38.0 Å². The van der Waals surface area contributed by atoms with E-state index in [0.29, 0.717) is 14.8 Å². The van der Waals surface area contributed by atoms with Crippen LogP contribution in [0.2, 0.25) is 5.02 Å². The van der Waals surface area contributed by atoms with Crippen LogP contribution in [0.4, 0.5) is 5.69 Å². The fraction of sp³-hybridized carbons (Fsp3) is 0.417. The average Bonchev–Trinajstić information content (AvgIpc) is 3.07. The number of hydrogen-bond acceptors (Lipinski definition) is 3. The molecule has 1 aromatic carbocycles. The lowest BCUT2D eigenvalue weighted by molar-refractivity contribution is 0.949. The van der Waals surface area contributed by atoms with Crippen molar-refractivity contribution in [1.29, 1.82) is 0 Å². The van der Waals surface area contributed by atoms with E-state index in [-0.39, 0.29) is 0 Å². The van der Waals surface area contributed by atoms with Crippen LogP contribution in [-0.2, 0) is 0 Å². The number of halogens is 1. The SMILES string of the molecule is CSC1(CNc2ccc(C(N)=S)c(Cl)c2)CC1. The first-order valence-corrected chi connectivity index (χ1v) is 7.46. The number of anilines is 1. The highest BCUT2D eigenvalue weighted by atomic mass is 35.5. The summed E-state index contributed by atoms with van der Waals surface area (Å²) in [6.45, 7) is 0.983. The van der Waals surface area contributed by atoms with Gasteiger partial charge in [-0.1, -0.05) is 23.8 Å². The molecule has 92 valence electrons. The van der Waals surface area contributed by atoms with Gasteiger partial charge in [-0.3, -0.25) is 0 Å².